The van der Waals surface area contributed by atoms with E-state index in [1.165, 1.54) is 0 Å². The molecular weight excluding hydrogens is 234 g/mol. The number of hydrogen-bond donors (Lipinski definition) is 0. The molecule has 19 heavy (non-hydrogen) atoms. The predicted octanol–water partition coefficient (Wildman–Crippen LogP) is 4.49. The fourth-order valence-corrected chi connectivity index (χ4v) is 2.02. The molecule has 1 aromatic heterocycles. The molecule has 0 aliphatic rings. The number of pyridine rings is 1. The summed E-state index contributed by atoms with van der Waals surface area (Å²) in [6.45, 7) is 8.65. The zero-order valence-electron chi connectivity index (χ0n) is 12.1. The van der Waals surface area contributed by atoms with E-state index in [4.69, 9.17) is 0 Å². The van der Waals surface area contributed by atoms with Crippen molar-refractivity contribution in [3.63, 3.8) is 0 Å². The van der Waals surface area contributed by atoms with Crippen LogP contribution in [-0.4, -0.2) is 10.8 Å². The summed E-state index contributed by atoms with van der Waals surface area (Å²) in [5.41, 5.74) is 1.71. The lowest BCUT2D eigenvalue weighted by Crippen LogP contribution is -2.20. The number of carbonyl (C=O) groups is 1. The number of aromatic nitrogens is 1. The van der Waals surface area contributed by atoms with Crippen LogP contribution in [0.5, 0.6) is 0 Å². The number of hydrogen-bond acceptors (Lipinski definition) is 2. The molecule has 1 atom stereocenters. The van der Waals surface area contributed by atoms with Gasteiger partial charge in [0.25, 0.3) is 0 Å². The summed E-state index contributed by atoms with van der Waals surface area (Å²) >= 11 is 0. The van der Waals surface area contributed by atoms with Crippen LogP contribution in [0.2, 0.25) is 0 Å². The lowest BCUT2D eigenvalue weighted by Gasteiger charge is -2.26. The third-order valence-electron chi connectivity index (χ3n) is 3.90. The van der Waals surface area contributed by atoms with Crippen molar-refractivity contribution in [2.24, 2.45) is 11.3 Å². The molecule has 1 unspecified atom stereocenters. The minimum absolute atomic E-state index is 0.147. The lowest BCUT2D eigenvalue weighted by molar-refractivity contribution is 0.0928. The van der Waals surface area contributed by atoms with Crippen LogP contribution < -0.4 is 0 Å². The number of benzene rings is 1. The lowest BCUT2D eigenvalue weighted by atomic mass is 9.78. The van der Waals surface area contributed by atoms with E-state index in [-0.39, 0.29) is 11.2 Å². The van der Waals surface area contributed by atoms with E-state index in [0.29, 0.717) is 12.3 Å². The standard InChI is InChI=1S/C17H21NO/c1-12(17(2,3)4)11-15(19)14-9-5-7-13-8-6-10-18-16(13)14/h5-10,12H,11H2,1-4H3. The Labute approximate surface area is 114 Å². The van der Waals surface area contributed by atoms with Crippen molar-refractivity contribution in [2.75, 3.05) is 0 Å². The average Bonchev–Trinajstić information content (AvgIpc) is 2.36. The fraction of sp³-hybridized carbons (Fsp3) is 0.412. The summed E-state index contributed by atoms with van der Waals surface area (Å²) < 4.78 is 0. The van der Waals surface area contributed by atoms with Gasteiger partial charge in [0, 0.05) is 23.6 Å². The molecule has 0 bridgehead atoms. The molecule has 100 valence electrons. The highest BCUT2D eigenvalue weighted by atomic mass is 16.1. The molecule has 2 nitrogen and oxygen atoms in total. The molecule has 1 aromatic carbocycles. The Morgan fingerprint density at radius 1 is 1.21 bits per heavy atom. The third-order valence-corrected chi connectivity index (χ3v) is 3.90. The summed E-state index contributed by atoms with van der Waals surface area (Å²) in [4.78, 5) is 16.8. The second-order valence-corrected chi connectivity index (χ2v) is 6.28. The Balaban J connectivity index is 2.32. The molecule has 0 saturated carbocycles. The quantitative estimate of drug-likeness (QED) is 0.756. The second-order valence-electron chi connectivity index (χ2n) is 6.28. The van der Waals surface area contributed by atoms with E-state index in [1.54, 1.807) is 6.20 Å². The maximum atomic E-state index is 12.5. The largest absolute Gasteiger partial charge is 0.294 e. The van der Waals surface area contributed by atoms with Crippen molar-refractivity contribution in [1.82, 2.24) is 4.98 Å². The number of rotatable bonds is 3. The first-order valence-corrected chi connectivity index (χ1v) is 6.76. The van der Waals surface area contributed by atoms with Gasteiger partial charge in [-0.3, -0.25) is 9.78 Å². The van der Waals surface area contributed by atoms with Gasteiger partial charge in [0.1, 0.15) is 0 Å². The summed E-state index contributed by atoms with van der Waals surface area (Å²) in [5, 5.41) is 1.02. The van der Waals surface area contributed by atoms with E-state index >= 15 is 0 Å². The first-order valence-electron chi connectivity index (χ1n) is 6.76. The highest BCUT2D eigenvalue weighted by molar-refractivity contribution is 6.06. The molecule has 0 aliphatic carbocycles. The molecular formula is C17H21NO. The van der Waals surface area contributed by atoms with Gasteiger partial charge in [0.15, 0.2) is 5.78 Å². The van der Waals surface area contributed by atoms with Gasteiger partial charge in [-0.15, -0.1) is 0 Å². The fourth-order valence-electron chi connectivity index (χ4n) is 2.02. The first-order chi connectivity index (χ1) is 8.89. The SMILES string of the molecule is CC(CC(=O)c1cccc2cccnc12)C(C)(C)C. The van der Waals surface area contributed by atoms with Gasteiger partial charge in [-0.25, -0.2) is 0 Å². The van der Waals surface area contributed by atoms with Gasteiger partial charge < -0.3 is 0 Å². The van der Waals surface area contributed by atoms with E-state index < -0.39 is 0 Å². The van der Waals surface area contributed by atoms with Crippen LogP contribution in [0.25, 0.3) is 10.9 Å². The molecule has 0 saturated heterocycles. The summed E-state index contributed by atoms with van der Waals surface area (Å²) in [7, 11) is 0. The number of para-hydroxylation sites is 1. The highest BCUT2D eigenvalue weighted by Crippen LogP contribution is 2.30. The molecule has 0 aliphatic heterocycles. The Kier molecular flexibility index (Phi) is 3.70. The third kappa shape index (κ3) is 3.01. The normalized spacial score (nSPS) is 13.5. The number of fused-ring (bicyclic) bond motifs is 1. The van der Waals surface area contributed by atoms with Crippen LogP contribution in [0, 0.1) is 11.3 Å². The van der Waals surface area contributed by atoms with Crippen molar-refractivity contribution in [2.45, 2.75) is 34.1 Å². The van der Waals surface area contributed by atoms with Gasteiger partial charge in [0.05, 0.1) is 5.52 Å². The maximum Gasteiger partial charge on any atom is 0.165 e. The summed E-state index contributed by atoms with van der Waals surface area (Å²) in [6.07, 6.45) is 2.31. The van der Waals surface area contributed by atoms with Crippen LogP contribution in [0.3, 0.4) is 0 Å². The van der Waals surface area contributed by atoms with Crippen LogP contribution in [0.4, 0.5) is 0 Å². The Morgan fingerprint density at radius 2 is 1.89 bits per heavy atom. The van der Waals surface area contributed by atoms with E-state index in [9.17, 15) is 4.79 Å². The van der Waals surface area contributed by atoms with Gasteiger partial charge in [-0.05, 0) is 23.5 Å². The molecule has 0 amide bonds. The molecule has 0 fully saturated rings. The molecule has 0 N–H and O–H groups in total. The first kappa shape index (κ1) is 13.7. The monoisotopic (exact) mass is 255 g/mol. The number of ketones is 1. The van der Waals surface area contributed by atoms with E-state index in [0.717, 1.165) is 16.5 Å². The van der Waals surface area contributed by atoms with Gasteiger partial charge in [-0.1, -0.05) is 45.9 Å². The van der Waals surface area contributed by atoms with Crippen molar-refractivity contribution in [1.29, 1.82) is 0 Å². The minimum Gasteiger partial charge on any atom is -0.294 e. The zero-order valence-corrected chi connectivity index (χ0v) is 12.1. The molecule has 1 heterocycles. The van der Waals surface area contributed by atoms with Crippen molar-refractivity contribution >= 4 is 16.7 Å². The van der Waals surface area contributed by atoms with E-state index in [2.05, 4.69) is 32.7 Å². The Bertz CT molecular complexity index is 590. The zero-order chi connectivity index (χ0) is 14.0. The second kappa shape index (κ2) is 5.12. The van der Waals surface area contributed by atoms with E-state index in [1.807, 2.05) is 30.3 Å². The van der Waals surface area contributed by atoms with Gasteiger partial charge >= 0.3 is 0 Å². The number of Topliss-reactive ketones (excluding diaryl/α,β-unsaturated/α-hetero) is 1. The van der Waals surface area contributed by atoms with Crippen molar-refractivity contribution < 1.29 is 4.79 Å². The molecule has 0 spiro atoms. The Morgan fingerprint density at radius 3 is 2.58 bits per heavy atom. The average molecular weight is 255 g/mol. The smallest absolute Gasteiger partial charge is 0.165 e. The summed E-state index contributed by atoms with van der Waals surface area (Å²) in [6, 6.07) is 9.69. The van der Waals surface area contributed by atoms with Crippen molar-refractivity contribution in [3.8, 4) is 0 Å². The van der Waals surface area contributed by atoms with Crippen LogP contribution in [-0.2, 0) is 0 Å². The van der Waals surface area contributed by atoms with Crippen LogP contribution in [0.1, 0.15) is 44.5 Å². The summed E-state index contributed by atoms with van der Waals surface area (Å²) in [5.74, 6) is 0.533. The number of carbonyl (C=O) groups excluding carboxylic acids is 1. The maximum absolute atomic E-state index is 12.5. The molecule has 0 radical (unpaired) electrons. The van der Waals surface area contributed by atoms with Gasteiger partial charge in [-0.2, -0.15) is 0 Å². The number of nitrogens with zero attached hydrogens (tertiary/aromatic N) is 1. The highest BCUT2D eigenvalue weighted by Gasteiger charge is 2.23. The van der Waals surface area contributed by atoms with Crippen molar-refractivity contribution in [3.05, 3.63) is 42.1 Å². The molecule has 2 heteroatoms. The molecule has 2 rings (SSSR count). The minimum atomic E-state index is 0.147. The van der Waals surface area contributed by atoms with Crippen LogP contribution >= 0.6 is 0 Å². The molecule has 2 aromatic rings. The van der Waals surface area contributed by atoms with Gasteiger partial charge in [0.2, 0.25) is 0 Å². The predicted molar refractivity (Wildman–Crippen MR) is 79.3 cm³/mol. The van der Waals surface area contributed by atoms with Crippen LogP contribution in [0.15, 0.2) is 36.5 Å². The Hall–Kier alpha value is -1.70. The topological polar surface area (TPSA) is 30.0 Å².